The highest BCUT2D eigenvalue weighted by Crippen LogP contribution is 2.29. The van der Waals surface area contributed by atoms with Crippen LogP contribution < -0.4 is 9.62 Å². The number of nitro groups is 1. The Kier molecular flexibility index (Phi) is 7.93. The highest BCUT2D eigenvalue weighted by Gasteiger charge is 2.25. The first-order valence-corrected chi connectivity index (χ1v) is 13.1. The number of hydrogen-bond acceptors (Lipinski definition) is 9. The number of non-ortho nitro benzene ring substituents is 1. The van der Waals surface area contributed by atoms with Gasteiger partial charge in [-0.05, 0) is 54.3 Å². The zero-order valence-corrected chi connectivity index (χ0v) is 21.7. The third-order valence-corrected chi connectivity index (χ3v) is 6.76. The van der Waals surface area contributed by atoms with Crippen LogP contribution in [-0.2, 0) is 16.7 Å². The first-order chi connectivity index (χ1) is 18.9. The number of aromatic carboxylic acids is 1. The van der Waals surface area contributed by atoms with Gasteiger partial charge in [0.25, 0.3) is 5.69 Å². The molecular weight excluding hydrogens is 542 g/mol. The van der Waals surface area contributed by atoms with Crippen molar-refractivity contribution in [2.45, 2.75) is 19.4 Å². The maximum Gasteiger partial charge on any atom is 0.365 e. The van der Waals surface area contributed by atoms with Crippen LogP contribution in [0.2, 0.25) is 0 Å². The maximum absolute atomic E-state index is 12.2. The number of nitrogens with zero attached hydrogens (tertiary/aromatic N) is 4. The molecule has 3 aromatic carbocycles. The van der Waals surface area contributed by atoms with Crippen LogP contribution in [0.5, 0.6) is 5.75 Å². The van der Waals surface area contributed by atoms with Crippen molar-refractivity contribution in [3.8, 4) is 5.75 Å². The van der Waals surface area contributed by atoms with E-state index in [1.54, 1.807) is 6.07 Å². The molecule has 40 heavy (non-hydrogen) atoms. The average molecular weight is 566 g/mol. The van der Waals surface area contributed by atoms with Crippen molar-refractivity contribution in [2.75, 3.05) is 9.62 Å². The van der Waals surface area contributed by atoms with Gasteiger partial charge < -0.3 is 15.5 Å². The molecular formula is C26H23N5O8S. The molecule has 0 spiro atoms. The van der Waals surface area contributed by atoms with Gasteiger partial charge in [0.15, 0.2) is 5.82 Å². The molecule has 0 aliphatic heterocycles. The first-order valence-electron chi connectivity index (χ1n) is 11.7. The minimum absolute atomic E-state index is 0.0627. The largest absolute Gasteiger partial charge is 0.507 e. The fourth-order valence-electron chi connectivity index (χ4n) is 3.93. The Morgan fingerprint density at radius 1 is 1.05 bits per heavy atom. The molecule has 0 amide bonds. The standard InChI is InChI=1S/C26H23N5O8S/c1-16(19-5-2-17(3-6-19)14-18-4-11-22(25(33)34)23(32)15-18)28-26-27-13-12-24(29-26)30(40(37,38)39)20-7-9-21(10-8-20)31(35)36/h2-13,15-16,32H,14H2,1H3,(H,33,34)(H,27,28,29)(H,37,38,39)/t16-/m0/s1. The molecule has 0 unspecified atom stereocenters. The SMILES string of the molecule is C[C@H](Nc1nccc(N(c2ccc([N+](=O)[O-])cc2)S(=O)(=O)O)n1)c1ccc(Cc2ccc(C(=O)O)c(O)c2)cc1. The summed E-state index contributed by atoms with van der Waals surface area (Å²) in [5.41, 5.74) is 2.03. The Balaban J connectivity index is 1.49. The molecule has 206 valence electrons. The molecule has 0 aliphatic rings. The van der Waals surface area contributed by atoms with Crippen LogP contribution in [0.1, 0.15) is 40.0 Å². The van der Waals surface area contributed by atoms with E-state index in [4.69, 9.17) is 5.11 Å². The van der Waals surface area contributed by atoms with Gasteiger partial charge >= 0.3 is 16.3 Å². The predicted molar refractivity (Wildman–Crippen MR) is 145 cm³/mol. The molecule has 4 N–H and O–H groups in total. The Hall–Kier alpha value is -5.08. The van der Waals surface area contributed by atoms with Crippen LogP contribution in [-0.4, -0.2) is 44.0 Å². The molecule has 13 nitrogen and oxygen atoms in total. The molecule has 0 radical (unpaired) electrons. The van der Waals surface area contributed by atoms with Gasteiger partial charge in [-0.2, -0.15) is 17.7 Å². The van der Waals surface area contributed by atoms with E-state index in [0.29, 0.717) is 10.7 Å². The normalized spacial score (nSPS) is 11.9. The fraction of sp³-hybridized carbons (Fsp3) is 0.115. The van der Waals surface area contributed by atoms with Gasteiger partial charge in [-0.3, -0.25) is 14.7 Å². The summed E-state index contributed by atoms with van der Waals surface area (Å²) in [4.78, 5) is 29.7. The summed E-state index contributed by atoms with van der Waals surface area (Å²) in [5, 5.41) is 33.0. The number of nitrogens with one attached hydrogen (secondary N) is 1. The first kappa shape index (κ1) is 27.9. The number of aromatic nitrogens is 2. The van der Waals surface area contributed by atoms with Crippen molar-refractivity contribution in [3.63, 3.8) is 0 Å². The maximum atomic E-state index is 12.2. The smallest absolute Gasteiger partial charge is 0.365 e. The molecule has 4 aromatic rings. The molecule has 4 rings (SSSR count). The van der Waals surface area contributed by atoms with Gasteiger partial charge in [-0.1, -0.05) is 30.3 Å². The molecule has 0 saturated carbocycles. The minimum Gasteiger partial charge on any atom is -0.507 e. The number of phenols is 1. The van der Waals surface area contributed by atoms with E-state index in [-0.39, 0.29) is 40.5 Å². The Bertz CT molecular complexity index is 1660. The van der Waals surface area contributed by atoms with Gasteiger partial charge in [-0.15, -0.1) is 0 Å². The van der Waals surface area contributed by atoms with E-state index >= 15 is 0 Å². The number of rotatable bonds is 10. The lowest BCUT2D eigenvalue weighted by molar-refractivity contribution is -0.384. The highest BCUT2D eigenvalue weighted by atomic mass is 32.2. The third kappa shape index (κ3) is 6.48. The quantitative estimate of drug-likeness (QED) is 0.120. The predicted octanol–water partition coefficient (Wildman–Crippen LogP) is 4.49. The molecule has 0 bridgehead atoms. The van der Waals surface area contributed by atoms with Crippen LogP contribution in [0.25, 0.3) is 0 Å². The number of nitro benzene ring substituents is 1. The van der Waals surface area contributed by atoms with Crippen LogP contribution in [0.4, 0.5) is 23.1 Å². The summed E-state index contributed by atoms with van der Waals surface area (Å²) in [7, 11) is -4.84. The summed E-state index contributed by atoms with van der Waals surface area (Å²) in [5.74, 6) is -1.63. The van der Waals surface area contributed by atoms with Crippen LogP contribution >= 0.6 is 0 Å². The Morgan fingerprint density at radius 3 is 2.27 bits per heavy atom. The Labute approximate surface area is 228 Å². The monoisotopic (exact) mass is 565 g/mol. The second kappa shape index (κ2) is 11.3. The highest BCUT2D eigenvalue weighted by molar-refractivity contribution is 7.87. The van der Waals surface area contributed by atoms with E-state index in [1.807, 2.05) is 31.2 Å². The number of carboxylic acid groups (broad SMARTS) is 1. The van der Waals surface area contributed by atoms with Gasteiger partial charge in [0, 0.05) is 24.4 Å². The van der Waals surface area contributed by atoms with Gasteiger partial charge in [0.1, 0.15) is 11.3 Å². The summed E-state index contributed by atoms with van der Waals surface area (Å²) in [6.07, 6.45) is 1.77. The molecule has 0 saturated heterocycles. The summed E-state index contributed by atoms with van der Waals surface area (Å²) < 4.78 is 34.7. The van der Waals surface area contributed by atoms with Crippen LogP contribution in [0, 0.1) is 10.1 Å². The number of anilines is 3. The fourth-order valence-corrected chi connectivity index (χ4v) is 4.66. The molecule has 0 fully saturated rings. The zero-order chi connectivity index (χ0) is 29.0. The van der Waals surface area contributed by atoms with Crippen LogP contribution in [0.15, 0.2) is 79.0 Å². The van der Waals surface area contributed by atoms with E-state index in [2.05, 4.69) is 15.3 Å². The van der Waals surface area contributed by atoms with E-state index in [9.17, 15) is 33.0 Å². The minimum atomic E-state index is -4.84. The lowest BCUT2D eigenvalue weighted by atomic mass is 10.00. The number of carboxylic acids is 1. The van der Waals surface area contributed by atoms with Gasteiger partial charge in [-0.25, -0.2) is 9.78 Å². The molecule has 0 aliphatic carbocycles. The topological polar surface area (TPSA) is 196 Å². The number of carbonyl (C=O) groups is 1. The second-order valence-corrected chi connectivity index (χ2v) is 9.96. The van der Waals surface area contributed by atoms with Crippen molar-refractivity contribution in [1.82, 2.24) is 9.97 Å². The van der Waals surface area contributed by atoms with E-state index in [0.717, 1.165) is 28.8 Å². The van der Waals surface area contributed by atoms with Crippen molar-refractivity contribution in [3.05, 3.63) is 111 Å². The summed E-state index contributed by atoms with van der Waals surface area (Å²) in [6.45, 7) is 1.84. The number of hydrogen-bond donors (Lipinski definition) is 4. The van der Waals surface area contributed by atoms with Gasteiger partial charge in [0.2, 0.25) is 5.95 Å². The van der Waals surface area contributed by atoms with Crippen molar-refractivity contribution in [2.24, 2.45) is 0 Å². The lowest BCUT2D eigenvalue weighted by Crippen LogP contribution is -2.26. The van der Waals surface area contributed by atoms with E-state index < -0.39 is 21.2 Å². The molecule has 14 heteroatoms. The third-order valence-electron chi connectivity index (χ3n) is 5.90. The van der Waals surface area contributed by atoms with Gasteiger partial charge in [0.05, 0.1) is 16.7 Å². The van der Waals surface area contributed by atoms with Crippen molar-refractivity contribution >= 4 is 39.4 Å². The summed E-state index contributed by atoms with van der Waals surface area (Å²) >= 11 is 0. The molecule has 1 heterocycles. The second-order valence-electron chi connectivity index (χ2n) is 8.70. The lowest BCUT2D eigenvalue weighted by Gasteiger charge is -2.21. The van der Waals surface area contributed by atoms with Crippen molar-refractivity contribution < 1.29 is 32.9 Å². The van der Waals surface area contributed by atoms with Crippen LogP contribution in [0.3, 0.4) is 0 Å². The molecule has 1 atom stereocenters. The average Bonchev–Trinajstić information content (AvgIpc) is 2.89. The molecule has 1 aromatic heterocycles. The van der Waals surface area contributed by atoms with Crippen molar-refractivity contribution in [1.29, 1.82) is 0 Å². The van der Waals surface area contributed by atoms with E-state index in [1.165, 1.54) is 36.5 Å². The zero-order valence-electron chi connectivity index (χ0n) is 20.9. The number of aromatic hydroxyl groups is 1. The number of benzene rings is 3. The summed E-state index contributed by atoms with van der Waals surface area (Å²) in [6, 6.07) is 17.4. The Morgan fingerprint density at radius 2 is 1.70 bits per heavy atom.